The lowest BCUT2D eigenvalue weighted by atomic mass is 10.1. The van der Waals surface area contributed by atoms with Crippen LogP contribution in [0.1, 0.15) is 17.5 Å². The van der Waals surface area contributed by atoms with E-state index in [1.807, 2.05) is 0 Å². The van der Waals surface area contributed by atoms with Crippen LogP contribution in [-0.4, -0.2) is 46.1 Å². The Hall–Kier alpha value is -1.10. The van der Waals surface area contributed by atoms with Crippen LogP contribution in [0.3, 0.4) is 0 Å². The summed E-state index contributed by atoms with van der Waals surface area (Å²) in [5.74, 6) is 1.05. The van der Waals surface area contributed by atoms with Gasteiger partial charge in [0, 0.05) is 26.7 Å². The molecule has 4 nitrogen and oxygen atoms in total. The summed E-state index contributed by atoms with van der Waals surface area (Å²) in [6.45, 7) is 6.10. The maximum absolute atomic E-state index is 5.91. The fourth-order valence-corrected chi connectivity index (χ4v) is 2.37. The van der Waals surface area contributed by atoms with Crippen molar-refractivity contribution in [3.8, 4) is 5.75 Å². The van der Waals surface area contributed by atoms with E-state index in [1.54, 1.807) is 7.11 Å². The van der Waals surface area contributed by atoms with Gasteiger partial charge in [0.25, 0.3) is 0 Å². The third kappa shape index (κ3) is 4.78. The fraction of sp³-hybridized carbons (Fsp3) is 0.625. The van der Waals surface area contributed by atoms with Crippen LogP contribution in [-0.2, 0) is 15.9 Å². The van der Waals surface area contributed by atoms with Crippen LogP contribution in [0.4, 0.5) is 0 Å². The number of fused-ring (bicyclic) bond motifs is 1. The van der Waals surface area contributed by atoms with Crippen LogP contribution in [0, 0.1) is 6.92 Å². The van der Waals surface area contributed by atoms with Gasteiger partial charge in [0.05, 0.1) is 13.2 Å². The molecule has 0 amide bonds. The number of ether oxygens (including phenoxy) is 3. The first-order chi connectivity index (χ1) is 9.79. The van der Waals surface area contributed by atoms with Crippen LogP contribution in [0.25, 0.3) is 0 Å². The van der Waals surface area contributed by atoms with Crippen molar-refractivity contribution in [1.29, 1.82) is 0 Å². The number of nitrogens with one attached hydrogen (secondary N) is 1. The molecule has 20 heavy (non-hydrogen) atoms. The van der Waals surface area contributed by atoms with Crippen molar-refractivity contribution in [1.82, 2.24) is 5.32 Å². The molecule has 2 rings (SSSR count). The standard InChI is InChI=1S/C16H25NO3/c1-13-4-5-16-14(10-13)11-15(20-16)12-17-6-3-7-19-9-8-18-2/h4-5,10,15,17H,3,6-9,11-12H2,1-2H3. The second-order valence-electron chi connectivity index (χ2n) is 5.22. The van der Waals surface area contributed by atoms with Crippen LogP contribution >= 0.6 is 0 Å². The molecule has 0 radical (unpaired) electrons. The van der Waals surface area contributed by atoms with Crippen molar-refractivity contribution in [2.24, 2.45) is 0 Å². The van der Waals surface area contributed by atoms with E-state index in [0.29, 0.717) is 13.2 Å². The molecule has 1 aromatic carbocycles. The first-order valence-corrected chi connectivity index (χ1v) is 7.33. The number of methoxy groups -OCH3 is 1. The van der Waals surface area contributed by atoms with E-state index in [2.05, 4.69) is 30.4 Å². The zero-order chi connectivity index (χ0) is 14.2. The lowest BCUT2D eigenvalue weighted by Gasteiger charge is -2.11. The van der Waals surface area contributed by atoms with E-state index >= 15 is 0 Å². The maximum Gasteiger partial charge on any atom is 0.123 e. The largest absolute Gasteiger partial charge is 0.488 e. The summed E-state index contributed by atoms with van der Waals surface area (Å²) in [6, 6.07) is 6.40. The Bertz CT molecular complexity index is 409. The van der Waals surface area contributed by atoms with Crippen molar-refractivity contribution in [3.05, 3.63) is 29.3 Å². The summed E-state index contributed by atoms with van der Waals surface area (Å²) in [7, 11) is 1.69. The van der Waals surface area contributed by atoms with Crippen molar-refractivity contribution >= 4 is 0 Å². The average molecular weight is 279 g/mol. The van der Waals surface area contributed by atoms with Gasteiger partial charge in [-0.05, 0) is 31.5 Å². The first-order valence-electron chi connectivity index (χ1n) is 7.33. The molecule has 1 unspecified atom stereocenters. The van der Waals surface area contributed by atoms with Crippen molar-refractivity contribution in [3.63, 3.8) is 0 Å². The molecule has 0 bridgehead atoms. The highest BCUT2D eigenvalue weighted by Gasteiger charge is 2.21. The molecule has 1 atom stereocenters. The monoisotopic (exact) mass is 279 g/mol. The average Bonchev–Trinajstić information content (AvgIpc) is 2.83. The van der Waals surface area contributed by atoms with Gasteiger partial charge in [0.15, 0.2) is 0 Å². The normalized spacial score (nSPS) is 17.0. The quantitative estimate of drug-likeness (QED) is 0.701. The second kappa shape index (κ2) is 8.25. The summed E-state index contributed by atoms with van der Waals surface area (Å²) in [5.41, 5.74) is 2.63. The minimum atomic E-state index is 0.265. The third-order valence-corrected chi connectivity index (χ3v) is 3.40. The molecule has 0 aromatic heterocycles. The summed E-state index contributed by atoms with van der Waals surface area (Å²) < 4.78 is 16.2. The lowest BCUT2D eigenvalue weighted by Crippen LogP contribution is -2.31. The summed E-state index contributed by atoms with van der Waals surface area (Å²) >= 11 is 0. The van der Waals surface area contributed by atoms with Crippen LogP contribution in [0.2, 0.25) is 0 Å². The molecular weight excluding hydrogens is 254 g/mol. The summed E-state index contributed by atoms with van der Waals surface area (Å²) in [5, 5.41) is 3.43. The molecule has 1 aliphatic rings. The summed E-state index contributed by atoms with van der Waals surface area (Å²) in [4.78, 5) is 0. The number of hydrogen-bond donors (Lipinski definition) is 1. The molecule has 0 fully saturated rings. The summed E-state index contributed by atoms with van der Waals surface area (Å²) in [6.07, 6.45) is 2.29. The number of hydrogen-bond acceptors (Lipinski definition) is 4. The van der Waals surface area contributed by atoms with E-state index in [1.165, 1.54) is 11.1 Å². The third-order valence-electron chi connectivity index (χ3n) is 3.40. The molecule has 1 aromatic rings. The molecule has 0 saturated heterocycles. The van der Waals surface area contributed by atoms with Gasteiger partial charge < -0.3 is 19.5 Å². The Morgan fingerprint density at radius 2 is 2.20 bits per heavy atom. The predicted octanol–water partition coefficient (Wildman–Crippen LogP) is 1.94. The molecule has 0 aliphatic carbocycles. The highest BCUT2D eigenvalue weighted by molar-refractivity contribution is 5.40. The minimum absolute atomic E-state index is 0.265. The first kappa shape index (κ1) is 15.3. The van der Waals surface area contributed by atoms with E-state index in [-0.39, 0.29) is 6.10 Å². The van der Waals surface area contributed by atoms with Gasteiger partial charge in [-0.2, -0.15) is 0 Å². The topological polar surface area (TPSA) is 39.7 Å². The Morgan fingerprint density at radius 3 is 3.05 bits per heavy atom. The smallest absolute Gasteiger partial charge is 0.123 e. The zero-order valence-corrected chi connectivity index (χ0v) is 12.5. The number of aryl methyl sites for hydroxylation is 1. The predicted molar refractivity (Wildman–Crippen MR) is 79.5 cm³/mol. The van der Waals surface area contributed by atoms with Gasteiger partial charge in [0.2, 0.25) is 0 Å². The SMILES string of the molecule is COCCOCCCNCC1Cc2cc(C)ccc2O1. The lowest BCUT2D eigenvalue weighted by molar-refractivity contribution is 0.0692. The molecule has 0 spiro atoms. The molecule has 112 valence electrons. The fourth-order valence-electron chi connectivity index (χ4n) is 2.37. The van der Waals surface area contributed by atoms with E-state index in [0.717, 1.165) is 38.3 Å². The Balaban J connectivity index is 1.54. The highest BCUT2D eigenvalue weighted by Crippen LogP contribution is 2.29. The van der Waals surface area contributed by atoms with E-state index in [4.69, 9.17) is 14.2 Å². The van der Waals surface area contributed by atoms with Crippen molar-refractivity contribution < 1.29 is 14.2 Å². The molecule has 0 saturated carbocycles. The number of rotatable bonds is 9. The molecular formula is C16H25NO3. The Kier molecular flexibility index (Phi) is 6.30. The van der Waals surface area contributed by atoms with Gasteiger partial charge >= 0.3 is 0 Å². The minimum Gasteiger partial charge on any atom is -0.488 e. The second-order valence-corrected chi connectivity index (χ2v) is 5.22. The Labute approximate surface area is 121 Å². The van der Waals surface area contributed by atoms with Crippen LogP contribution < -0.4 is 10.1 Å². The van der Waals surface area contributed by atoms with Crippen LogP contribution in [0.5, 0.6) is 5.75 Å². The van der Waals surface area contributed by atoms with Crippen molar-refractivity contribution in [2.75, 3.05) is 40.0 Å². The zero-order valence-electron chi connectivity index (χ0n) is 12.5. The van der Waals surface area contributed by atoms with E-state index < -0.39 is 0 Å². The van der Waals surface area contributed by atoms with Gasteiger partial charge in [-0.15, -0.1) is 0 Å². The van der Waals surface area contributed by atoms with Crippen molar-refractivity contribution in [2.45, 2.75) is 25.9 Å². The van der Waals surface area contributed by atoms with Gasteiger partial charge in [-0.25, -0.2) is 0 Å². The Morgan fingerprint density at radius 1 is 1.30 bits per heavy atom. The molecule has 1 N–H and O–H groups in total. The molecule has 4 heteroatoms. The van der Waals surface area contributed by atoms with Crippen LogP contribution in [0.15, 0.2) is 18.2 Å². The van der Waals surface area contributed by atoms with Gasteiger partial charge in [-0.3, -0.25) is 0 Å². The van der Waals surface area contributed by atoms with Gasteiger partial charge in [-0.1, -0.05) is 17.7 Å². The highest BCUT2D eigenvalue weighted by atomic mass is 16.5. The number of benzene rings is 1. The maximum atomic E-state index is 5.91. The van der Waals surface area contributed by atoms with Gasteiger partial charge in [0.1, 0.15) is 11.9 Å². The van der Waals surface area contributed by atoms with E-state index in [9.17, 15) is 0 Å². The molecule has 1 aliphatic heterocycles. The molecule has 1 heterocycles.